The lowest BCUT2D eigenvalue weighted by Crippen LogP contribution is -1.98. The van der Waals surface area contributed by atoms with Crippen molar-refractivity contribution in [3.63, 3.8) is 0 Å². The number of rotatable bonds is 3. The molecular formula is C8H10O2. The molecule has 0 aliphatic heterocycles. The second-order valence-corrected chi connectivity index (χ2v) is 1.82. The van der Waals surface area contributed by atoms with Gasteiger partial charge in [-0.05, 0) is 6.42 Å². The molecule has 0 aromatic rings. The smallest absolute Gasteiger partial charge is 0.332 e. The van der Waals surface area contributed by atoms with Gasteiger partial charge in [0.05, 0.1) is 0 Å². The molecule has 0 unspecified atom stereocenters. The lowest BCUT2D eigenvalue weighted by molar-refractivity contribution is -0.132. The molecule has 10 heavy (non-hydrogen) atoms. The molecule has 0 heterocycles. The highest BCUT2D eigenvalue weighted by atomic mass is 16.4. The van der Waals surface area contributed by atoms with Gasteiger partial charge in [0.25, 0.3) is 0 Å². The van der Waals surface area contributed by atoms with Crippen molar-refractivity contribution in [3.8, 4) is 12.3 Å². The van der Waals surface area contributed by atoms with E-state index < -0.39 is 5.97 Å². The number of aliphatic carboxylic acids is 1. The largest absolute Gasteiger partial charge is 0.478 e. The van der Waals surface area contributed by atoms with Gasteiger partial charge in [0.1, 0.15) is 0 Å². The Morgan fingerprint density at radius 2 is 2.40 bits per heavy atom. The summed E-state index contributed by atoms with van der Waals surface area (Å²) < 4.78 is 0. The van der Waals surface area contributed by atoms with Gasteiger partial charge in [0, 0.05) is 12.0 Å². The molecule has 2 nitrogen and oxygen atoms in total. The molecule has 0 aliphatic carbocycles. The number of hydrogen-bond acceptors (Lipinski definition) is 1. The van der Waals surface area contributed by atoms with Crippen molar-refractivity contribution in [2.24, 2.45) is 0 Å². The molecule has 0 rings (SSSR count). The predicted molar refractivity (Wildman–Crippen MR) is 39.5 cm³/mol. The predicted octanol–water partition coefficient (Wildman–Crippen LogP) is 1.43. The SMILES string of the molecule is C#CCC(=CCC)C(=O)O. The highest BCUT2D eigenvalue weighted by Gasteiger charge is 2.02. The van der Waals surface area contributed by atoms with Gasteiger partial charge in [-0.15, -0.1) is 12.3 Å². The van der Waals surface area contributed by atoms with Gasteiger partial charge in [-0.2, -0.15) is 0 Å². The third-order valence-electron chi connectivity index (χ3n) is 1.02. The summed E-state index contributed by atoms with van der Waals surface area (Å²) in [6.45, 7) is 1.87. The zero-order valence-corrected chi connectivity index (χ0v) is 5.92. The third-order valence-corrected chi connectivity index (χ3v) is 1.02. The monoisotopic (exact) mass is 138 g/mol. The van der Waals surface area contributed by atoms with Gasteiger partial charge in [0.15, 0.2) is 0 Å². The maximum absolute atomic E-state index is 10.3. The normalized spacial score (nSPS) is 10.6. The van der Waals surface area contributed by atoms with Crippen LogP contribution in [0.4, 0.5) is 0 Å². The van der Waals surface area contributed by atoms with E-state index >= 15 is 0 Å². The molecule has 0 atom stereocenters. The van der Waals surface area contributed by atoms with Gasteiger partial charge in [-0.1, -0.05) is 13.0 Å². The molecule has 0 aromatic heterocycles. The van der Waals surface area contributed by atoms with Crippen molar-refractivity contribution in [1.29, 1.82) is 0 Å². The molecule has 0 aromatic carbocycles. The quantitative estimate of drug-likeness (QED) is 0.473. The summed E-state index contributed by atoms with van der Waals surface area (Å²) >= 11 is 0. The zero-order valence-electron chi connectivity index (χ0n) is 5.92. The Kier molecular flexibility index (Phi) is 4.06. The van der Waals surface area contributed by atoms with Crippen LogP contribution in [0.2, 0.25) is 0 Å². The number of carboxylic acids is 1. The maximum atomic E-state index is 10.3. The van der Waals surface area contributed by atoms with Gasteiger partial charge in [0.2, 0.25) is 0 Å². The number of hydrogen-bond donors (Lipinski definition) is 1. The van der Waals surface area contributed by atoms with Crippen LogP contribution in [-0.2, 0) is 4.79 Å². The summed E-state index contributed by atoms with van der Waals surface area (Å²) in [7, 11) is 0. The van der Waals surface area contributed by atoms with E-state index in [1.165, 1.54) is 0 Å². The van der Waals surface area contributed by atoms with Crippen molar-refractivity contribution in [2.75, 3.05) is 0 Å². The van der Waals surface area contributed by atoms with E-state index in [-0.39, 0.29) is 6.42 Å². The Balaban J connectivity index is 4.15. The van der Waals surface area contributed by atoms with Gasteiger partial charge < -0.3 is 5.11 Å². The van der Waals surface area contributed by atoms with Gasteiger partial charge >= 0.3 is 5.97 Å². The van der Waals surface area contributed by atoms with Crippen molar-refractivity contribution in [1.82, 2.24) is 0 Å². The molecule has 0 radical (unpaired) electrons. The summed E-state index contributed by atoms with van der Waals surface area (Å²) in [5.41, 5.74) is 0.310. The van der Waals surface area contributed by atoms with Crippen LogP contribution in [0.15, 0.2) is 11.6 Å². The molecule has 0 saturated carbocycles. The Morgan fingerprint density at radius 1 is 1.80 bits per heavy atom. The average Bonchev–Trinajstić information content (AvgIpc) is 1.87. The highest BCUT2D eigenvalue weighted by Crippen LogP contribution is 2.00. The molecule has 0 amide bonds. The Hall–Kier alpha value is -1.23. The first kappa shape index (κ1) is 8.77. The van der Waals surface area contributed by atoms with Crippen LogP contribution < -0.4 is 0 Å². The standard InChI is InChI=1S/C8H10O2/c1-3-5-7(6-4-2)8(9)10/h1,6H,4-5H2,2H3,(H,9,10). The van der Waals surface area contributed by atoms with Crippen LogP contribution in [0, 0.1) is 12.3 Å². The summed E-state index contributed by atoms with van der Waals surface area (Å²) in [6, 6.07) is 0. The van der Waals surface area contributed by atoms with Crippen LogP contribution in [0.25, 0.3) is 0 Å². The minimum Gasteiger partial charge on any atom is -0.478 e. The molecule has 0 fully saturated rings. The lowest BCUT2D eigenvalue weighted by Gasteiger charge is -1.93. The van der Waals surface area contributed by atoms with E-state index in [0.29, 0.717) is 12.0 Å². The highest BCUT2D eigenvalue weighted by molar-refractivity contribution is 5.86. The van der Waals surface area contributed by atoms with E-state index in [9.17, 15) is 4.79 Å². The van der Waals surface area contributed by atoms with E-state index in [2.05, 4.69) is 5.92 Å². The minimum absolute atomic E-state index is 0.211. The summed E-state index contributed by atoms with van der Waals surface area (Å²) in [6.07, 6.45) is 7.49. The molecule has 0 saturated heterocycles. The number of carbonyl (C=O) groups is 1. The molecule has 54 valence electrons. The van der Waals surface area contributed by atoms with Gasteiger partial charge in [-0.3, -0.25) is 0 Å². The van der Waals surface area contributed by atoms with Gasteiger partial charge in [-0.25, -0.2) is 4.79 Å². The van der Waals surface area contributed by atoms with Crippen molar-refractivity contribution < 1.29 is 9.90 Å². The van der Waals surface area contributed by atoms with Crippen LogP contribution in [0.5, 0.6) is 0 Å². The molecule has 0 bridgehead atoms. The molecular weight excluding hydrogens is 128 g/mol. The molecule has 0 spiro atoms. The fourth-order valence-electron chi connectivity index (χ4n) is 0.591. The summed E-state index contributed by atoms with van der Waals surface area (Å²) in [4.78, 5) is 10.3. The molecule has 0 aliphatic rings. The van der Waals surface area contributed by atoms with E-state index in [0.717, 1.165) is 0 Å². The lowest BCUT2D eigenvalue weighted by atomic mass is 10.1. The second kappa shape index (κ2) is 4.63. The Labute approximate surface area is 60.6 Å². The topological polar surface area (TPSA) is 37.3 Å². The first-order chi connectivity index (χ1) is 4.72. The fraction of sp³-hybridized carbons (Fsp3) is 0.375. The maximum Gasteiger partial charge on any atom is 0.332 e. The van der Waals surface area contributed by atoms with Crippen LogP contribution in [0.1, 0.15) is 19.8 Å². The van der Waals surface area contributed by atoms with Crippen molar-refractivity contribution >= 4 is 5.97 Å². The summed E-state index contributed by atoms with van der Waals surface area (Å²) in [5.74, 6) is 1.37. The Morgan fingerprint density at radius 3 is 2.70 bits per heavy atom. The van der Waals surface area contributed by atoms with Crippen molar-refractivity contribution in [2.45, 2.75) is 19.8 Å². The van der Waals surface area contributed by atoms with Crippen molar-refractivity contribution in [3.05, 3.63) is 11.6 Å². The first-order valence-corrected chi connectivity index (χ1v) is 3.08. The Bertz CT molecular complexity index is 184. The van der Waals surface area contributed by atoms with Crippen LogP contribution >= 0.6 is 0 Å². The number of allylic oxidation sites excluding steroid dienone is 1. The van der Waals surface area contributed by atoms with E-state index in [4.69, 9.17) is 11.5 Å². The third kappa shape index (κ3) is 2.93. The van der Waals surface area contributed by atoms with E-state index in [1.54, 1.807) is 6.08 Å². The minimum atomic E-state index is -0.917. The van der Waals surface area contributed by atoms with Crippen LogP contribution in [-0.4, -0.2) is 11.1 Å². The second-order valence-electron chi connectivity index (χ2n) is 1.82. The number of carboxylic acid groups (broad SMARTS) is 1. The first-order valence-electron chi connectivity index (χ1n) is 3.08. The molecule has 2 heteroatoms. The molecule has 1 N–H and O–H groups in total. The van der Waals surface area contributed by atoms with Crippen LogP contribution in [0.3, 0.4) is 0 Å². The fourth-order valence-corrected chi connectivity index (χ4v) is 0.591. The summed E-state index contributed by atoms with van der Waals surface area (Å²) in [5, 5.41) is 8.47. The zero-order chi connectivity index (χ0) is 7.98. The average molecular weight is 138 g/mol. The van der Waals surface area contributed by atoms with E-state index in [1.807, 2.05) is 6.92 Å². The number of terminal acetylenes is 1.